The van der Waals surface area contributed by atoms with E-state index in [0.717, 1.165) is 5.56 Å². The van der Waals surface area contributed by atoms with Crippen molar-refractivity contribution in [2.75, 3.05) is 6.61 Å². The number of carbonyl (C=O) groups excluding carboxylic acids is 1. The molecule has 2 atom stereocenters. The number of carbonyl (C=O) groups is 1. The van der Waals surface area contributed by atoms with E-state index in [4.69, 9.17) is 9.47 Å². The fourth-order valence-electron chi connectivity index (χ4n) is 2.29. The Kier molecular flexibility index (Phi) is 3.96. The van der Waals surface area contributed by atoms with E-state index in [1.165, 1.54) is 12.1 Å². The van der Waals surface area contributed by atoms with E-state index < -0.39 is 6.10 Å². The second kappa shape index (κ2) is 6.05. The lowest BCUT2D eigenvalue weighted by molar-refractivity contribution is -0.131. The number of amides is 1. The second-order valence-electron chi connectivity index (χ2n) is 5.15. The first-order valence-corrected chi connectivity index (χ1v) is 7.08. The fraction of sp³-hybridized carbons (Fsp3) is 0.235. The van der Waals surface area contributed by atoms with Crippen LogP contribution in [-0.2, 0) is 4.79 Å². The van der Waals surface area contributed by atoms with Crippen LogP contribution in [0.1, 0.15) is 18.5 Å². The zero-order valence-electron chi connectivity index (χ0n) is 12.1. The summed E-state index contributed by atoms with van der Waals surface area (Å²) in [5, 5.41) is 2.85. The normalized spacial score (nSPS) is 17.6. The average Bonchev–Trinajstić information content (AvgIpc) is 2.55. The second-order valence-corrected chi connectivity index (χ2v) is 5.15. The molecular weight excluding hydrogens is 285 g/mol. The molecule has 0 spiro atoms. The molecule has 114 valence electrons. The van der Waals surface area contributed by atoms with E-state index in [2.05, 4.69) is 5.32 Å². The molecule has 2 aromatic carbocycles. The van der Waals surface area contributed by atoms with Crippen molar-refractivity contribution in [3.8, 4) is 11.5 Å². The number of ether oxygens (including phenoxy) is 2. The van der Waals surface area contributed by atoms with Gasteiger partial charge in [0.2, 0.25) is 6.10 Å². The maximum atomic E-state index is 12.9. The molecule has 2 unspecified atom stereocenters. The molecule has 0 radical (unpaired) electrons. The summed E-state index contributed by atoms with van der Waals surface area (Å²) in [7, 11) is 0. The van der Waals surface area contributed by atoms with Crippen LogP contribution in [0.5, 0.6) is 11.5 Å². The standard InChI is InChI=1S/C17H16FNO3/c1-11(12-6-8-13(18)9-7-12)19-17(20)16-10-21-14-4-2-3-5-15(14)22-16/h2-9,11,16H,10H2,1H3,(H,19,20). The highest BCUT2D eigenvalue weighted by Crippen LogP contribution is 2.31. The number of benzene rings is 2. The minimum absolute atomic E-state index is 0.166. The van der Waals surface area contributed by atoms with Gasteiger partial charge in [0, 0.05) is 0 Å². The van der Waals surface area contributed by atoms with Crippen LogP contribution >= 0.6 is 0 Å². The lowest BCUT2D eigenvalue weighted by Crippen LogP contribution is -2.44. The van der Waals surface area contributed by atoms with Crippen molar-refractivity contribution < 1.29 is 18.7 Å². The largest absolute Gasteiger partial charge is 0.485 e. The van der Waals surface area contributed by atoms with Crippen molar-refractivity contribution in [2.45, 2.75) is 19.1 Å². The summed E-state index contributed by atoms with van der Waals surface area (Å²) in [6.07, 6.45) is -0.696. The Hall–Kier alpha value is -2.56. The first-order chi connectivity index (χ1) is 10.6. The van der Waals surface area contributed by atoms with Gasteiger partial charge in [-0.05, 0) is 36.8 Å². The molecule has 0 aromatic heterocycles. The number of nitrogens with one attached hydrogen (secondary N) is 1. The van der Waals surface area contributed by atoms with Gasteiger partial charge in [0.1, 0.15) is 12.4 Å². The van der Waals surface area contributed by atoms with Gasteiger partial charge in [0.05, 0.1) is 6.04 Å². The molecule has 0 fully saturated rings. The van der Waals surface area contributed by atoms with Gasteiger partial charge in [-0.3, -0.25) is 4.79 Å². The summed E-state index contributed by atoms with van der Waals surface area (Å²) in [5.41, 5.74) is 0.826. The molecular formula is C17H16FNO3. The number of hydrogen-bond acceptors (Lipinski definition) is 3. The molecule has 0 bridgehead atoms. The van der Waals surface area contributed by atoms with Gasteiger partial charge in [-0.2, -0.15) is 0 Å². The Morgan fingerprint density at radius 3 is 2.59 bits per heavy atom. The van der Waals surface area contributed by atoms with E-state index >= 15 is 0 Å². The van der Waals surface area contributed by atoms with Crippen LogP contribution in [-0.4, -0.2) is 18.6 Å². The van der Waals surface area contributed by atoms with Crippen LogP contribution < -0.4 is 14.8 Å². The average molecular weight is 301 g/mol. The third-order valence-corrected chi connectivity index (χ3v) is 3.53. The van der Waals surface area contributed by atoms with E-state index in [9.17, 15) is 9.18 Å². The highest BCUT2D eigenvalue weighted by atomic mass is 19.1. The van der Waals surface area contributed by atoms with Crippen molar-refractivity contribution in [3.05, 3.63) is 59.9 Å². The predicted molar refractivity (Wildman–Crippen MR) is 79.3 cm³/mol. The maximum absolute atomic E-state index is 12.9. The third kappa shape index (κ3) is 3.03. The van der Waals surface area contributed by atoms with Gasteiger partial charge in [0.15, 0.2) is 11.5 Å². The highest BCUT2D eigenvalue weighted by molar-refractivity contribution is 5.82. The van der Waals surface area contributed by atoms with Crippen molar-refractivity contribution in [1.82, 2.24) is 5.32 Å². The molecule has 5 heteroatoms. The topological polar surface area (TPSA) is 47.6 Å². The molecule has 0 aliphatic carbocycles. The summed E-state index contributed by atoms with van der Waals surface area (Å²) in [4.78, 5) is 12.3. The SMILES string of the molecule is CC(NC(=O)C1COc2ccccc2O1)c1ccc(F)cc1. The van der Waals surface area contributed by atoms with E-state index in [0.29, 0.717) is 11.5 Å². The minimum Gasteiger partial charge on any atom is -0.485 e. The molecule has 1 aliphatic rings. The number of halogens is 1. The molecule has 1 aliphatic heterocycles. The van der Waals surface area contributed by atoms with Crippen LogP contribution in [0.4, 0.5) is 4.39 Å². The first-order valence-electron chi connectivity index (χ1n) is 7.08. The number of hydrogen-bond donors (Lipinski definition) is 1. The zero-order valence-corrected chi connectivity index (χ0v) is 12.1. The molecule has 0 saturated heterocycles. The Balaban J connectivity index is 1.64. The molecule has 22 heavy (non-hydrogen) atoms. The monoisotopic (exact) mass is 301 g/mol. The van der Waals surface area contributed by atoms with Gasteiger partial charge < -0.3 is 14.8 Å². The Labute approximate surface area is 127 Å². The van der Waals surface area contributed by atoms with Crippen molar-refractivity contribution in [3.63, 3.8) is 0 Å². The lowest BCUT2D eigenvalue weighted by Gasteiger charge is -2.26. The van der Waals surface area contributed by atoms with Crippen molar-refractivity contribution in [1.29, 1.82) is 0 Å². The third-order valence-electron chi connectivity index (χ3n) is 3.53. The zero-order chi connectivity index (χ0) is 15.5. The van der Waals surface area contributed by atoms with Crippen LogP contribution in [0, 0.1) is 5.82 Å². The summed E-state index contributed by atoms with van der Waals surface area (Å²) in [6.45, 7) is 2.00. The maximum Gasteiger partial charge on any atom is 0.265 e. The Bertz CT molecular complexity index is 672. The molecule has 0 saturated carbocycles. The quantitative estimate of drug-likeness (QED) is 0.948. The molecule has 1 heterocycles. The number of fused-ring (bicyclic) bond motifs is 1. The summed E-state index contributed by atoms with van der Waals surface area (Å²) in [5.74, 6) is 0.635. The number of para-hydroxylation sites is 2. The fourth-order valence-corrected chi connectivity index (χ4v) is 2.29. The first kappa shape index (κ1) is 14.4. The minimum atomic E-state index is -0.696. The number of rotatable bonds is 3. The van der Waals surface area contributed by atoms with Crippen LogP contribution in [0.3, 0.4) is 0 Å². The van der Waals surface area contributed by atoms with Gasteiger partial charge >= 0.3 is 0 Å². The molecule has 1 N–H and O–H groups in total. The lowest BCUT2D eigenvalue weighted by atomic mass is 10.1. The highest BCUT2D eigenvalue weighted by Gasteiger charge is 2.28. The van der Waals surface area contributed by atoms with Crippen LogP contribution in [0.15, 0.2) is 48.5 Å². The Morgan fingerprint density at radius 1 is 1.18 bits per heavy atom. The van der Waals surface area contributed by atoms with Crippen molar-refractivity contribution >= 4 is 5.91 Å². The summed E-state index contributed by atoms with van der Waals surface area (Å²) in [6, 6.07) is 13.0. The summed E-state index contributed by atoms with van der Waals surface area (Å²) < 4.78 is 24.1. The van der Waals surface area contributed by atoms with Crippen LogP contribution in [0.25, 0.3) is 0 Å². The Morgan fingerprint density at radius 2 is 1.86 bits per heavy atom. The smallest absolute Gasteiger partial charge is 0.265 e. The van der Waals surface area contributed by atoms with Gasteiger partial charge in [0.25, 0.3) is 5.91 Å². The van der Waals surface area contributed by atoms with E-state index in [1.54, 1.807) is 24.3 Å². The van der Waals surface area contributed by atoms with Gasteiger partial charge in [-0.25, -0.2) is 4.39 Å². The van der Waals surface area contributed by atoms with Crippen LogP contribution in [0.2, 0.25) is 0 Å². The van der Waals surface area contributed by atoms with Crippen molar-refractivity contribution in [2.24, 2.45) is 0 Å². The molecule has 2 aromatic rings. The summed E-state index contributed by atoms with van der Waals surface area (Å²) >= 11 is 0. The van der Waals surface area contributed by atoms with Gasteiger partial charge in [-0.1, -0.05) is 24.3 Å². The predicted octanol–water partition coefficient (Wildman–Crippen LogP) is 2.84. The van der Waals surface area contributed by atoms with Gasteiger partial charge in [-0.15, -0.1) is 0 Å². The molecule has 3 rings (SSSR count). The van der Waals surface area contributed by atoms with E-state index in [1.807, 2.05) is 19.1 Å². The van der Waals surface area contributed by atoms with E-state index in [-0.39, 0.29) is 24.4 Å². The molecule has 4 nitrogen and oxygen atoms in total. The molecule has 1 amide bonds.